The predicted octanol–water partition coefficient (Wildman–Crippen LogP) is 2.79. The van der Waals surface area contributed by atoms with E-state index in [4.69, 9.17) is 22.1 Å². The second-order valence-corrected chi connectivity index (χ2v) is 7.53. The van der Waals surface area contributed by atoms with Gasteiger partial charge in [-0.05, 0) is 31.0 Å². The highest BCUT2D eigenvalue weighted by molar-refractivity contribution is 8.01. The number of hydrogen-bond acceptors (Lipinski definition) is 7. The number of halogens is 1. The van der Waals surface area contributed by atoms with Crippen LogP contribution in [0.1, 0.15) is 12.8 Å². The van der Waals surface area contributed by atoms with Crippen LogP contribution in [0.25, 0.3) is 0 Å². The molecule has 0 saturated carbocycles. The van der Waals surface area contributed by atoms with Gasteiger partial charge in [0, 0.05) is 17.1 Å². The molecule has 1 saturated heterocycles. The molecule has 1 aliphatic heterocycles. The number of carbonyl (C=O) groups is 1. The van der Waals surface area contributed by atoms with Gasteiger partial charge in [0.15, 0.2) is 4.34 Å². The summed E-state index contributed by atoms with van der Waals surface area (Å²) in [5.41, 5.74) is 7.86. The minimum absolute atomic E-state index is 0.0278. The van der Waals surface area contributed by atoms with Crippen molar-refractivity contribution in [2.75, 3.05) is 11.9 Å². The highest BCUT2D eigenvalue weighted by Crippen LogP contribution is 2.35. The smallest absolute Gasteiger partial charge is 0.253 e. The van der Waals surface area contributed by atoms with Crippen LogP contribution in [0.3, 0.4) is 0 Å². The monoisotopic (exact) mass is 370 g/mol. The first-order valence-electron chi connectivity index (χ1n) is 7.05. The molecule has 0 aliphatic carbocycles. The number of aromatic nitrogens is 2. The highest BCUT2D eigenvalue weighted by atomic mass is 35.5. The van der Waals surface area contributed by atoms with Gasteiger partial charge in [0.2, 0.25) is 0 Å². The van der Waals surface area contributed by atoms with Crippen LogP contribution in [0.4, 0.5) is 5.69 Å². The summed E-state index contributed by atoms with van der Waals surface area (Å²) in [6, 6.07) is 5.38. The molecule has 0 spiro atoms. The first-order chi connectivity index (χ1) is 11.2. The van der Waals surface area contributed by atoms with E-state index >= 15 is 0 Å². The fourth-order valence-corrected chi connectivity index (χ4v) is 3.99. The maximum Gasteiger partial charge on any atom is 0.253 e. The van der Waals surface area contributed by atoms with Crippen LogP contribution in [0, 0.1) is 0 Å². The number of nitrogens with two attached hydrogens (primary N) is 1. The highest BCUT2D eigenvalue weighted by Gasteiger charge is 2.29. The third-order valence-corrected chi connectivity index (χ3v) is 5.68. The molecular weight excluding hydrogens is 356 g/mol. The summed E-state index contributed by atoms with van der Waals surface area (Å²) >= 11 is 9.16. The van der Waals surface area contributed by atoms with Crippen LogP contribution in [0.15, 0.2) is 32.9 Å². The minimum Gasteiger partial charge on any atom is -0.364 e. The van der Waals surface area contributed by atoms with E-state index in [2.05, 4.69) is 15.5 Å². The van der Waals surface area contributed by atoms with Crippen LogP contribution >= 0.6 is 34.7 Å². The summed E-state index contributed by atoms with van der Waals surface area (Å²) in [6.45, 7) is 0.438. The van der Waals surface area contributed by atoms with E-state index in [1.807, 2.05) is 12.1 Å². The van der Waals surface area contributed by atoms with E-state index in [0.29, 0.717) is 23.7 Å². The van der Waals surface area contributed by atoms with Crippen molar-refractivity contribution in [1.82, 2.24) is 10.2 Å². The van der Waals surface area contributed by atoms with E-state index < -0.39 is 6.10 Å². The molecule has 1 amide bonds. The number of nitrogens with one attached hydrogen (secondary N) is 1. The maximum atomic E-state index is 12.2. The Morgan fingerprint density at radius 1 is 1.52 bits per heavy atom. The van der Waals surface area contributed by atoms with Crippen molar-refractivity contribution in [3.05, 3.63) is 28.7 Å². The number of anilines is 1. The molecule has 6 nitrogen and oxygen atoms in total. The van der Waals surface area contributed by atoms with Crippen molar-refractivity contribution >= 4 is 46.3 Å². The number of rotatable bonds is 5. The van der Waals surface area contributed by atoms with Crippen molar-refractivity contribution in [2.45, 2.75) is 34.3 Å². The quantitative estimate of drug-likeness (QED) is 0.841. The molecule has 3 N–H and O–H groups in total. The Labute approximate surface area is 146 Å². The van der Waals surface area contributed by atoms with Gasteiger partial charge >= 0.3 is 0 Å². The van der Waals surface area contributed by atoms with Crippen LogP contribution in [0.2, 0.25) is 5.02 Å². The Morgan fingerprint density at radius 3 is 3.04 bits per heavy atom. The third kappa shape index (κ3) is 4.21. The zero-order chi connectivity index (χ0) is 16.2. The van der Waals surface area contributed by atoms with Gasteiger partial charge in [-0.2, -0.15) is 0 Å². The topological polar surface area (TPSA) is 90.1 Å². The molecule has 3 rings (SSSR count). The second-order valence-electron chi connectivity index (χ2n) is 5.00. The fourth-order valence-electron chi connectivity index (χ4n) is 2.26. The van der Waals surface area contributed by atoms with Gasteiger partial charge in [-0.3, -0.25) is 4.79 Å². The van der Waals surface area contributed by atoms with E-state index in [1.54, 1.807) is 11.6 Å². The normalized spacial score (nSPS) is 20.6. The lowest BCUT2D eigenvalue weighted by Crippen LogP contribution is -2.29. The van der Waals surface area contributed by atoms with Gasteiger partial charge in [-0.25, -0.2) is 0 Å². The number of benzene rings is 1. The Hall–Kier alpha value is -1.19. The van der Waals surface area contributed by atoms with Gasteiger partial charge in [-0.1, -0.05) is 34.7 Å². The van der Waals surface area contributed by atoms with Crippen LogP contribution in [0.5, 0.6) is 0 Å². The van der Waals surface area contributed by atoms with Crippen molar-refractivity contribution in [2.24, 2.45) is 5.73 Å². The van der Waals surface area contributed by atoms with Crippen LogP contribution in [-0.2, 0) is 9.53 Å². The summed E-state index contributed by atoms with van der Waals surface area (Å²) in [5, 5.41) is 11.1. The number of hydrogen-bond donors (Lipinski definition) is 2. The summed E-state index contributed by atoms with van der Waals surface area (Å²) in [6.07, 6.45) is 1.02. The Morgan fingerprint density at radius 2 is 2.39 bits per heavy atom. The Bertz CT molecular complexity index is 683. The summed E-state index contributed by atoms with van der Waals surface area (Å²) in [4.78, 5) is 13.0. The molecule has 0 bridgehead atoms. The Kier molecular flexibility index (Phi) is 5.50. The standard InChI is InChI=1S/C14H15ClN4O2S2/c15-10-5-8(1-4-12(10)23-14-19-17-7-22-14)18-13(20)11-3-2-9(6-16)21-11/h1,4-5,7,9,11H,2-3,6,16H2,(H,18,20)/t9-,11+/m1/s1. The molecule has 2 aromatic rings. The lowest BCUT2D eigenvalue weighted by Gasteiger charge is -2.13. The Balaban J connectivity index is 1.62. The summed E-state index contributed by atoms with van der Waals surface area (Å²) in [5.74, 6) is -0.165. The molecule has 1 aromatic carbocycles. The lowest BCUT2D eigenvalue weighted by atomic mass is 10.2. The summed E-state index contributed by atoms with van der Waals surface area (Å²) < 4.78 is 6.40. The maximum absolute atomic E-state index is 12.2. The fraction of sp³-hybridized carbons (Fsp3) is 0.357. The van der Waals surface area contributed by atoms with Crippen LogP contribution < -0.4 is 11.1 Å². The molecule has 2 atom stereocenters. The molecule has 1 aliphatic rings. The van der Waals surface area contributed by atoms with Gasteiger partial charge in [-0.15, -0.1) is 10.2 Å². The average molecular weight is 371 g/mol. The summed E-state index contributed by atoms with van der Waals surface area (Å²) in [7, 11) is 0. The zero-order valence-corrected chi connectivity index (χ0v) is 14.5. The predicted molar refractivity (Wildman–Crippen MR) is 91.1 cm³/mol. The van der Waals surface area contributed by atoms with Gasteiger partial charge < -0.3 is 15.8 Å². The van der Waals surface area contributed by atoms with Gasteiger partial charge in [0.05, 0.1) is 11.1 Å². The molecule has 23 heavy (non-hydrogen) atoms. The second kappa shape index (κ2) is 7.59. The third-order valence-electron chi connectivity index (χ3n) is 3.40. The first kappa shape index (κ1) is 16.7. The van der Waals surface area contributed by atoms with Crippen molar-refractivity contribution in [1.29, 1.82) is 0 Å². The average Bonchev–Trinajstić information content (AvgIpc) is 3.21. The van der Waals surface area contributed by atoms with Crippen molar-refractivity contribution < 1.29 is 9.53 Å². The lowest BCUT2D eigenvalue weighted by molar-refractivity contribution is -0.126. The molecule has 122 valence electrons. The minimum atomic E-state index is -0.447. The molecule has 9 heteroatoms. The molecule has 1 fully saturated rings. The number of ether oxygens (including phenoxy) is 1. The molecule has 1 aromatic heterocycles. The largest absolute Gasteiger partial charge is 0.364 e. The number of nitrogens with zero attached hydrogens (tertiary/aromatic N) is 2. The van der Waals surface area contributed by atoms with Crippen molar-refractivity contribution in [3.8, 4) is 0 Å². The number of amides is 1. The van der Waals surface area contributed by atoms with Crippen molar-refractivity contribution in [3.63, 3.8) is 0 Å². The van der Waals surface area contributed by atoms with Gasteiger partial charge in [0.1, 0.15) is 11.6 Å². The van der Waals surface area contributed by atoms with Gasteiger partial charge in [0.25, 0.3) is 5.91 Å². The van der Waals surface area contributed by atoms with E-state index in [0.717, 1.165) is 15.7 Å². The van der Waals surface area contributed by atoms with E-state index in [-0.39, 0.29) is 12.0 Å². The SMILES string of the molecule is NC[C@H]1CC[C@@H](C(=O)Nc2ccc(Sc3nncs3)c(Cl)c2)O1. The van der Waals surface area contributed by atoms with E-state index in [1.165, 1.54) is 23.1 Å². The first-order valence-corrected chi connectivity index (χ1v) is 9.13. The molecule has 2 heterocycles. The zero-order valence-electron chi connectivity index (χ0n) is 12.1. The molecule has 0 unspecified atom stereocenters. The van der Waals surface area contributed by atoms with E-state index in [9.17, 15) is 4.79 Å². The molecule has 0 radical (unpaired) electrons. The van der Waals surface area contributed by atoms with Crippen LogP contribution in [-0.4, -0.2) is 34.9 Å². The molecular formula is C14H15ClN4O2S2. The number of carbonyl (C=O) groups excluding carboxylic acids is 1.